The van der Waals surface area contributed by atoms with Crippen LogP contribution in [0.1, 0.15) is 23.2 Å². The van der Waals surface area contributed by atoms with E-state index in [1.54, 1.807) is 23.9 Å². The van der Waals surface area contributed by atoms with Gasteiger partial charge in [-0.15, -0.1) is 0 Å². The van der Waals surface area contributed by atoms with Gasteiger partial charge in [-0.1, -0.05) is 12.1 Å². The normalized spacial score (nSPS) is 18.5. The number of aryl methyl sites for hydroxylation is 2. The first-order valence-corrected chi connectivity index (χ1v) is 13.8. The molecular weight excluding hydrogens is 545 g/mol. The Balaban J connectivity index is 1.30. The number of aliphatic hydroxyl groups excluding tert-OH is 1. The van der Waals surface area contributed by atoms with E-state index < -0.39 is 33.9 Å². The number of hydrogen-bond acceptors (Lipinski definition) is 7. The van der Waals surface area contributed by atoms with E-state index in [4.69, 9.17) is 0 Å². The molecule has 0 saturated carbocycles. The maximum absolute atomic E-state index is 13.3. The number of β-amino-alcohol motifs (C(OH)–C–C–N with tert-alkyl or cyclic N) is 1. The summed E-state index contributed by atoms with van der Waals surface area (Å²) in [5.74, 6) is 0.158. The molecule has 13 heteroatoms. The van der Waals surface area contributed by atoms with Gasteiger partial charge in [-0.3, -0.25) is 4.68 Å². The largest absolute Gasteiger partial charge is 0.417 e. The number of aromatic nitrogens is 3. The van der Waals surface area contributed by atoms with Gasteiger partial charge in [-0.05, 0) is 66.4 Å². The topological polar surface area (TPSA) is 124 Å². The van der Waals surface area contributed by atoms with Gasteiger partial charge >= 0.3 is 6.18 Å². The van der Waals surface area contributed by atoms with Crippen LogP contribution < -0.4 is 5.32 Å². The minimum atomic E-state index is -4.50. The lowest BCUT2D eigenvalue weighted by Crippen LogP contribution is -2.51. The van der Waals surface area contributed by atoms with Crippen LogP contribution in [-0.2, 0) is 23.2 Å². The van der Waals surface area contributed by atoms with E-state index in [0.717, 1.165) is 28.3 Å². The molecule has 40 heavy (non-hydrogen) atoms. The number of nitrogens with one attached hydrogen (secondary N) is 1. The summed E-state index contributed by atoms with van der Waals surface area (Å²) in [7, 11) is -2.14. The molecule has 0 bridgehead atoms. The van der Waals surface area contributed by atoms with Crippen LogP contribution in [0, 0.1) is 18.3 Å². The van der Waals surface area contributed by atoms with Gasteiger partial charge in [-0.2, -0.15) is 27.8 Å². The van der Waals surface area contributed by atoms with E-state index in [1.165, 1.54) is 22.5 Å². The molecule has 1 aliphatic rings. The Morgan fingerprint density at radius 3 is 2.45 bits per heavy atom. The number of sulfonamides is 1. The highest BCUT2D eigenvalue weighted by atomic mass is 32.2. The first kappa shape index (κ1) is 27.6. The van der Waals surface area contributed by atoms with Crippen LogP contribution in [0.2, 0.25) is 0 Å². The smallest absolute Gasteiger partial charge is 0.390 e. The number of aliphatic hydroxyl groups is 1. The maximum Gasteiger partial charge on any atom is 0.417 e. The van der Waals surface area contributed by atoms with Crippen LogP contribution in [0.4, 0.5) is 19.0 Å². The molecule has 1 fully saturated rings. The first-order chi connectivity index (χ1) is 18.9. The fourth-order valence-corrected chi connectivity index (χ4v) is 6.46. The number of anilines is 1. The number of alkyl halides is 3. The number of rotatable bonds is 5. The molecule has 0 spiro atoms. The predicted octanol–water partition coefficient (Wildman–Crippen LogP) is 4.07. The summed E-state index contributed by atoms with van der Waals surface area (Å²) >= 11 is 0. The van der Waals surface area contributed by atoms with Gasteiger partial charge < -0.3 is 10.4 Å². The average molecular weight is 571 g/mol. The quantitative estimate of drug-likeness (QED) is 0.371. The van der Waals surface area contributed by atoms with E-state index >= 15 is 0 Å². The molecule has 9 nitrogen and oxygen atoms in total. The van der Waals surface area contributed by atoms with E-state index in [-0.39, 0.29) is 30.2 Å². The summed E-state index contributed by atoms with van der Waals surface area (Å²) in [6.07, 6.45) is -4.67. The standard InChI is InChI=1S/C27H25F3N6O3S/c1-16-11-18(12-21-23(13-31)34-35(2)26(16)21)17-3-6-20(7-4-17)40(38,39)36-10-9-22(24(37)15-36)33-25-8-5-19(14-32-25)27(28,29)30/h3-8,11-12,14,22,24,37H,9-10,15H2,1-2H3,(H,32,33)/t22-,24+/m1/s1. The SMILES string of the molecule is Cc1cc(-c2ccc(S(=O)(=O)N3CC[C@@H](Nc4ccc(C(F)(F)F)cn4)[C@@H](O)C3)cc2)cc2c(C#N)nn(C)c12. The van der Waals surface area contributed by atoms with Gasteiger partial charge in [0.25, 0.3) is 0 Å². The molecule has 0 aliphatic carbocycles. The second-order valence-electron chi connectivity index (χ2n) is 9.70. The zero-order chi connectivity index (χ0) is 28.8. The molecule has 2 N–H and O–H groups in total. The van der Waals surface area contributed by atoms with Gasteiger partial charge in [0, 0.05) is 31.7 Å². The lowest BCUT2D eigenvalue weighted by molar-refractivity contribution is -0.137. The van der Waals surface area contributed by atoms with Crippen molar-refractivity contribution in [3.63, 3.8) is 0 Å². The van der Waals surface area contributed by atoms with E-state index in [0.29, 0.717) is 17.3 Å². The second kappa shape index (κ2) is 10.2. The average Bonchev–Trinajstić information content (AvgIpc) is 3.25. The van der Waals surface area contributed by atoms with Gasteiger partial charge in [-0.25, -0.2) is 13.4 Å². The number of fused-ring (bicyclic) bond motifs is 1. The minimum absolute atomic E-state index is 0.0659. The van der Waals surface area contributed by atoms with E-state index in [1.807, 2.05) is 19.1 Å². The zero-order valence-electron chi connectivity index (χ0n) is 21.5. The third kappa shape index (κ3) is 5.13. The van der Waals surface area contributed by atoms with Crippen LogP contribution in [0.5, 0.6) is 0 Å². The predicted molar refractivity (Wildman–Crippen MR) is 142 cm³/mol. The third-order valence-corrected chi connectivity index (χ3v) is 8.91. The van der Waals surface area contributed by atoms with Gasteiger partial charge in [0.1, 0.15) is 11.9 Å². The van der Waals surface area contributed by atoms with Gasteiger partial charge in [0.05, 0.1) is 28.1 Å². The highest BCUT2D eigenvalue weighted by molar-refractivity contribution is 7.89. The fourth-order valence-electron chi connectivity index (χ4n) is 4.99. The fraction of sp³-hybridized carbons (Fsp3) is 0.296. The number of pyridine rings is 1. The van der Waals surface area contributed by atoms with Crippen LogP contribution >= 0.6 is 0 Å². The summed E-state index contributed by atoms with van der Waals surface area (Å²) < 4.78 is 67.8. The van der Waals surface area contributed by atoms with Crippen molar-refractivity contribution in [3.8, 4) is 17.2 Å². The van der Waals surface area contributed by atoms with Crippen molar-refractivity contribution < 1.29 is 26.7 Å². The molecular formula is C27H25F3N6O3S. The first-order valence-electron chi connectivity index (χ1n) is 12.3. The third-order valence-electron chi connectivity index (χ3n) is 7.03. The van der Waals surface area contributed by atoms with Crippen molar-refractivity contribution in [2.45, 2.75) is 36.6 Å². The van der Waals surface area contributed by atoms with Crippen molar-refractivity contribution in [2.24, 2.45) is 7.05 Å². The number of nitriles is 1. The highest BCUT2D eigenvalue weighted by Gasteiger charge is 2.35. The van der Waals surface area contributed by atoms with Gasteiger partial charge in [0.2, 0.25) is 10.0 Å². The Bertz CT molecular complexity index is 1710. The maximum atomic E-state index is 13.3. The van der Waals surface area contributed by atoms with Crippen molar-refractivity contribution in [2.75, 3.05) is 18.4 Å². The molecule has 3 heterocycles. The summed E-state index contributed by atoms with van der Waals surface area (Å²) in [6, 6.07) is 13.8. The lowest BCUT2D eigenvalue weighted by atomic mass is 10.00. The van der Waals surface area contributed by atoms with Gasteiger partial charge in [0.15, 0.2) is 5.69 Å². The summed E-state index contributed by atoms with van der Waals surface area (Å²) in [6.45, 7) is 1.84. The number of hydrogen-bond donors (Lipinski definition) is 2. The van der Waals surface area contributed by atoms with E-state index in [2.05, 4.69) is 21.5 Å². The molecule has 1 aliphatic heterocycles. The molecule has 1 saturated heterocycles. The summed E-state index contributed by atoms with van der Waals surface area (Å²) in [5, 5.41) is 27.9. The lowest BCUT2D eigenvalue weighted by Gasteiger charge is -2.35. The van der Waals surface area contributed by atoms with Crippen LogP contribution in [0.3, 0.4) is 0 Å². The minimum Gasteiger partial charge on any atom is -0.390 e. The van der Waals surface area contributed by atoms with Crippen molar-refractivity contribution in [3.05, 3.63) is 71.5 Å². The molecule has 4 aromatic rings. The Kier molecular flexibility index (Phi) is 7.03. The van der Waals surface area contributed by atoms with Crippen molar-refractivity contribution in [1.29, 1.82) is 5.26 Å². The zero-order valence-corrected chi connectivity index (χ0v) is 22.3. The number of piperidine rings is 1. The van der Waals surface area contributed by atoms with Crippen molar-refractivity contribution in [1.82, 2.24) is 19.1 Å². The molecule has 208 valence electrons. The summed E-state index contributed by atoms with van der Waals surface area (Å²) in [4.78, 5) is 3.83. The molecule has 2 aromatic heterocycles. The Morgan fingerprint density at radius 2 is 1.85 bits per heavy atom. The van der Waals surface area contributed by atoms with E-state index in [9.17, 15) is 32.0 Å². The number of nitrogens with zero attached hydrogens (tertiary/aromatic N) is 5. The molecule has 5 rings (SSSR count). The molecule has 0 unspecified atom stereocenters. The second-order valence-corrected chi connectivity index (χ2v) is 11.6. The Morgan fingerprint density at radius 1 is 1.12 bits per heavy atom. The summed E-state index contributed by atoms with van der Waals surface area (Å²) in [5.41, 5.74) is 2.79. The number of halogens is 3. The Hall–Kier alpha value is -3.99. The van der Waals surface area contributed by atoms with Crippen molar-refractivity contribution >= 4 is 26.7 Å². The molecule has 2 aromatic carbocycles. The van der Waals surface area contributed by atoms with Crippen LogP contribution in [0.15, 0.2) is 59.6 Å². The highest BCUT2D eigenvalue weighted by Crippen LogP contribution is 2.32. The molecule has 0 radical (unpaired) electrons. The monoisotopic (exact) mass is 570 g/mol. The Labute approximate surface area is 228 Å². The molecule has 2 atom stereocenters. The van der Waals surface area contributed by atoms with Crippen LogP contribution in [-0.4, -0.2) is 57.8 Å². The number of benzene rings is 2. The molecule has 0 amide bonds. The van der Waals surface area contributed by atoms with Crippen LogP contribution in [0.25, 0.3) is 22.0 Å².